The molecular formula is C13H19FO. The van der Waals surface area contributed by atoms with Crippen molar-refractivity contribution in [3.8, 4) is 0 Å². The predicted octanol–water partition coefficient (Wildman–Crippen LogP) is 3.17. The summed E-state index contributed by atoms with van der Waals surface area (Å²) in [5.41, 5.74) is 0.839. The van der Waals surface area contributed by atoms with Crippen LogP contribution in [0.5, 0.6) is 0 Å². The lowest BCUT2D eigenvalue weighted by Crippen LogP contribution is -2.26. The SMILES string of the molecule is CC(C)(C)C(O)CCc1cccc(F)c1. The van der Waals surface area contributed by atoms with E-state index in [4.69, 9.17) is 0 Å². The molecular weight excluding hydrogens is 191 g/mol. The predicted molar refractivity (Wildman–Crippen MR) is 60.2 cm³/mol. The van der Waals surface area contributed by atoms with E-state index < -0.39 is 0 Å². The third-order valence-electron chi connectivity index (χ3n) is 2.60. The molecule has 84 valence electrons. The van der Waals surface area contributed by atoms with Crippen molar-refractivity contribution in [3.05, 3.63) is 35.6 Å². The molecule has 0 amide bonds. The molecule has 0 aromatic heterocycles. The Bertz CT molecular complexity index is 315. The fourth-order valence-corrected chi connectivity index (χ4v) is 1.43. The summed E-state index contributed by atoms with van der Waals surface area (Å²) in [7, 11) is 0. The summed E-state index contributed by atoms with van der Waals surface area (Å²) in [5.74, 6) is -0.210. The van der Waals surface area contributed by atoms with Gasteiger partial charge in [0.25, 0.3) is 0 Å². The first-order chi connectivity index (χ1) is 6.89. The topological polar surface area (TPSA) is 20.2 Å². The van der Waals surface area contributed by atoms with E-state index in [0.29, 0.717) is 6.42 Å². The van der Waals surface area contributed by atoms with Gasteiger partial charge in [-0.2, -0.15) is 0 Å². The van der Waals surface area contributed by atoms with Crippen molar-refractivity contribution in [2.24, 2.45) is 5.41 Å². The van der Waals surface area contributed by atoms with Crippen LogP contribution in [-0.2, 0) is 6.42 Å². The molecule has 0 spiro atoms. The highest BCUT2D eigenvalue weighted by Crippen LogP contribution is 2.22. The molecule has 0 bridgehead atoms. The van der Waals surface area contributed by atoms with Crippen LogP contribution in [-0.4, -0.2) is 11.2 Å². The number of aryl methyl sites for hydroxylation is 1. The molecule has 1 unspecified atom stereocenters. The maximum atomic E-state index is 12.9. The number of hydrogen-bond donors (Lipinski definition) is 1. The van der Waals surface area contributed by atoms with Crippen LogP contribution >= 0.6 is 0 Å². The number of aliphatic hydroxyl groups excluding tert-OH is 1. The van der Waals surface area contributed by atoms with Gasteiger partial charge in [-0.1, -0.05) is 32.9 Å². The number of aliphatic hydroxyl groups is 1. The van der Waals surface area contributed by atoms with E-state index in [2.05, 4.69) is 0 Å². The molecule has 0 saturated heterocycles. The molecule has 0 aliphatic carbocycles. The largest absolute Gasteiger partial charge is 0.393 e. The Hall–Kier alpha value is -0.890. The van der Waals surface area contributed by atoms with Gasteiger partial charge in [-0.05, 0) is 36.0 Å². The Morgan fingerprint density at radius 3 is 2.53 bits per heavy atom. The molecule has 0 radical (unpaired) electrons. The van der Waals surface area contributed by atoms with Gasteiger partial charge in [-0.3, -0.25) is 0 Å². The minimum Gasteiger partial charge on any atom is -0.393 e. The Morgan fingerprint density at radius 2 is 2.00 bits per heavy atom. The molecule has 1 atom stereocenters. The van der Waals surface area contributed by atoms with Crippen molar-refractivity contribution < 1.29 is 9.50 Å². The van der Waals surface area contributed by atoms with E-state index in [1.54, 1.807) is 6.07 Å². The highest BCUT2D eigenvalue weighted by molar-refractivity contribution is 5.16. The van der Waals surface area contributed by atoms with Gasteiger partial charge >= 0.3 is 0 Å². The lowest BCUT2D eigenvalue weighted by atomic mass is 9.86. The van der Waals surface area contributed by atoms with Crippen molar-refractivity contribution in [3.63, 3.8) is 0 Å². The molecule has 0 fully saturated rings. The Balaban J connectivity index is 2.51. The van der Waals surface area contributed by atoms with E-state index in [1.807, 2.05) is 26.8 Å². The summed E-state index contributed by atoms with van der Waals surface area (Å²) in [5, 5.41) is 9.82. The molecule has 1 aromatic carbocycles. The van der Waals surface area contributed by atoms with Crippen LogP contribution in [0.25, 0.3) is 0 Å². The van der Waals surface area contributed by atoms with Crippen LogP contribution in [0.3, 0.4) is 0 Å². The lowest BCUT2D eigenvalue weighted by molar-refractivity contribution is 0.0560. The van der Waals surface area contributed by atoms with E-state index >= 15 is 0 Å². The smallest absolute Gasteiger partial charge is 0.123 e. The standard InChI is InChI=1S/C13H19FO/c1-13(2,3)12(15)8-7-10-5-4-6-11(14)9-10/h4-6,9,12,15H,7-8H2,1-3H3. The van der Waals surface area contributed by atoms with Crippen molar-refractivity contribution in [1.82, 2.24) is 0 Å². The van der Waals surface area contributed by atoms with Gasteiger partial charge in [-0.25, -0.2) is 4.39 Å². The summed E-state index contributed by atoms with van der Waals surface area (Å²) < 4.78 is 12.9. The first-order valence-corrected chi connectivity index (χ1v) is 5.32. The van der Waals surface area contributed by atoms with E-state index in [9.17, 15) is 9.50 Å². The summed E-state index contributed by atoms with van der Waals surface area (Å²) in [4.78, 5) is 0. The maximum Gasteiger partial charge on any atom is 0.123 e. The van der Waals surface area contributed by atoms with Gasteiger partial charge in [0.1, 0.15) is 5.82 Å². The Labute approximate surface area is 90.9 Å². The normalized spacial score (nSPS) is 13.9. The first-order valence-electron chi connectivity index (χ1n) is 5.32. The zero-order valence-electron chi connectivity index (χ0n) is 9.63. The molecule has 0 saturated carbocycles. The minimum absolute atomic E-state index is 0.104. The molecule has 0 heterocycles. The second kappa shape index (κ2) is 4.75. The van der Waals surface area contributed by atoms with Crippen LogP contribution in [0.4, 0.5) is 4.39 Å². The van der Waals surface area contributed by atoms with Crippen LogP contribution < -0.4 is 0 Å². The summed E-state index contributed by atoms with van der Waals surface area (Å²) in [6.45, 7) is 6.01. The van der Waals surface area contributed by atoms with Crippen LogP contribution in [0.2, 0.25) is 0 Å². The minimum atomic E-state index is -0.347. The second-order valence-corrected chi connectivity index (χ2v) is 5.05. The van der Waals surface area contributed by atoms with E-state index in [0.717, 1.165) is 12.0 Å². The van der Waals surface area contributed by atoms with Crippen molar-refractivity contribution in [2.75, 3.05) is 0 Å². The fraction of sp³-hybridized carbons (Fsp3) is 0.538. The van der Waals surface area contributed by atoms with Crippen LogP contribution in [0.1, 0.15) is 32.8 Å². The van der Waals surface area contributed by atoms with Gasteiger partial charge in [0.2, 0.25) is 0 Å². The molecule has 0 aliphatic rings. The number of rotatable bonds is 3. The van der Waals surface area contributed by atoms with Gasteiger partial charge in [0, 0.05) is 0 Å². The van der Waals surface area contributed by atoms with Gasteiger partial charge in [-0.15, -0.1) is 0 Å². The zero-order valence-corrected chi connectivity index (χ0v) is 9.63. The van der Waals surface area contributed by atoms with Gasteiger partial charge in [0.05, 0.1) is 6.10 Å². The summed E-state index contributed by atoms with van der Waals surface area (Å²) >= 11 is 0. The molecule has 1 rings (SSSR count). The van der Waals surface area contributed by atoms with Gasteiger partial charge < -0.3 is 5.11 Å². The van der Waals surface area contributed by atoms with Crippen molar-refractivity contribution in [2.45, 2.75) is 39.7 Å². The number of hydrogen-bond acceptors (Lipinski definition) is 1. The average Bonchev–Trinajstić information content (AvgIpc) is 2.12. The fourth-order valence-electron chi connectivity index (χ4n) is 1.43. The molecule has 1 nitrogen and oxygen atoms in total. The molecule has 15 heavy (non-hydrogen) atoms. The molecule has 1 aromatic rings. The molecule has 0 aliphatic heterocycles. The monoisotopic (exact) mass is 210 g/mol. The van der Waals surface area contributed by atoms with E-state index in [1.165, 1.54) is 12.1 Å². The molecule has 2 heteroatoms. The van der Waals surface area contributed by atoms with Crippen molar-refractivity contribution in [1.29, 1.82) is 0 Å². The Kier molecular flexibility index (Phi) is 3.86. The van der Waals surface area contributed by atoms with Gasteiger partial charge in [0.15, 0.2) is 0 Å². The van der Waals surface area contributed by atoms with Crippen LogP contribution in [0, 0.1) is 11.2 Å². The average molecular weight is 210 g/mol. The third kappa shape index (κ3) is 4.00. The Morgan fingerprint density at radius 1 is 1.33 bits per heavy atom. The highest BCUT2D eigenvalue weighted by atomic mass is 19.1. The van der Waals surface area contributed by atoms with E-state index in [-0.39, 0.29) is 17.3 Å². The summed E-state index contributed by atoms with van der Waals surface area (Å²) in [6, 6.07) is 6.55. The maximum absolute atomic E-state index is 12.9. The third-order valence-corrected chi connectivity index (χ3v) is 2.60. The first kappa shape index (κ1) is 12.2. The second-order valence-electron chi connectivity index (χ2n) is 5.05. The molecule has 1 N–H and O–H groups in total. The summed E-state index contributed by atoms with van der Waals surface area (Å²) in [6.07, 6.45) is 1.05. The van der Waals surface area contributed by atoms with Crippen LogP contribution in [0.15, 0.2) is 24.3 Å². The quantitative estimate of drug-likeness (QED) is 0.812. The lowest BCUT2D eigenvalue weighted by Gasteiger charge is -2.25. The zero-order chi connectivity index (χ0) is 11.5. The number of benzene rings is 1. The number of halogens is 1. The highest BCUT2D eigenvalue weighted by Gasteiger charge is 2.21. The van der Waals surface area contributed by atoms with Crippen molar-refractivity contribution >= 4 is 0 Å².